The predicted molar refractivity (Wildman–Crippen MR) is 73.3 cm³/mol. The third kappa shape index (κ3) is 5.20. The highest BCUT2D eigenvalue weighted by Crippen LogP contribution is 2.17. The van der Waals surface area contributed by atoms with Crippen molar-refractivity contribution in [3.63, 3.8) is 0 Å². The van der Waals surface area contributed by atoms with Crippen LogP contribution in [0.2, 0.25) is 0 Å². The minimum absolute atomic E-state index is 0. The maximum absolute atomic E-state index is 11.4. The lowest BCUT2D eigenvalue weighted by molar-refractivity contribution is -0.128. The largest absolute Gasteiger partial charge is 0.349 e. The van der Waals surface area contributed by atoms with E-state index in [1.807, 2.05) is 25.1 Å². The summed E-state index contributed by atoms with van der Waals surface area (Å²) < 4.78 is 0. The molecule has 1 unspecified atom stereocenters. The van der Waals surface area contributed by atoms with E-state index in [2.05, 4.69) is 6.07 Å². The predicted octanol–water partition coefficient (Wildman–Crippen LogP) is 2.29. The van der Waals surface area contributed by atoms with Crippen LogP contribution in [0.15, 0.2) is 24.3 Å². The molecule has 0 aliphatic heterocycles. The summed E-state index contributed by atoms with van der Waals surface area (Å²) in [5, 5.41) is 0. The fourth-order valence-corrected chi connectivity index (χ4v) is 1.57. The quantitative estimate of drug-likeness (QED) is 0.899. The zero-order valence-electron chi connectivity index (χ0n) is 10.6. The Hall–Kier alpha value is -1.06. The molecule has 0 aromatic heterocycles. The number of carbonyl (C=O) groups is 1. The zero-order valence-corrected chi connectivity index (χ0v) is 11.5. The third-order valence-electron chi connectivity index (χ3n) is 2.64. The third-order valence-corrected chi connectivity index (χ3v) is 2.64. The average Bonchev–Trinajstić information content (AvgIpc) is 2.25. The molecule has 0 spiro atoms. The number of nitrogens with two attached hydrogens (primary N) is 1. The molecule has 1 rings (SSSR count). The molecule has 0 saturated carbocycles. The highest BCUT2D eigenvalue weighted by Gasteiger charge is 2.10. The van der Waals surface area contributed by atoms with Gasteiger partial charge >= 0.3 is 0 Å². The van der Waals surface area contributed by atoms with Gasteiger partial charge in [-0.2, -0.15) is 0 Å². The summed E-state index contributed by atoms with van der Waals surface area (Å²) >= 11 is 0. The molecule has 0 fully saturated rings. The molecular formula is C13H21ClN2O. The molecule has 4 heteroatoms. The Kier molecular flexibility index (Phi) is 6.85. The molecule has 0 heterocycles. The van der Waals surface area contributed by atoms with E-state index >= 15 is 0 Å². The van der Waals surface area contributed by atoms with Crippen molar-refractivity contribution in [3.8, 4) is 0 Å². The van der Waals surface area contributed by atoms with Crippen molar-refractivity contribution in [2.45, 2.75) is 25.8 Å². The van der Waals surface area contributed by atoms with Crippen molar-refractivity contribution in [3.05, 3.63) is 35.4 Å². The maximum Gasteiger partial charge on any atom is 0.222 e. The molecule has 96 valence electrons. The van der Waals surface area contributed by atoms with E-state index in [4.69, 9.17) is 5.73 Å². The summed E-state index contributed by atoms with van der Waals surface area (Å²) in [6, 6.07) is 8.08. The first kappa shape index (κ1) is 15.9. The number of amides is 1. The van der Waals surface area contributed by atoms with Crippen LogP contribution in [0.25, 0.3) is 0 Å². The zero-order chi connectivity index (χ0) is 12.1. The van der Waals surface area contributed by atoms with Gasteiger partial charge in [0.1, 0.15) is 0 Å². The van der Waals surface area contributed by atoms with Crippen LogP contribution in [0.3, 0.4) is 0 Å². The molecule has 17 heavy (non-hydrogen) atoms. The Bertz CT molecular complexity index is 366. The minimum Gasteiger partial charge on any atom is -0.349 e. The molecule has 0 radical (unpaired) electrons. The number of benzene rings is 1. The Morgan fingerprint density at radius 2 is 2.06 bits per heavy atom. The molecule has 0 bridgehead atoms. The lowest BCUT2D eigenvalue weighted by Crippen LogP contribution is -2.23. The smallest absolute Gasteiger partial charge is 0.222 e. The van der Waals surface area contributed by atoms with Gasteiger partial charge in [0.25, 0.3) is 0 Å². The van der Waals surface area contributed by atoms with Crippen LogP contribution in [0.5, 0.6) is 0 Å². The Balaban J connectivity index is 0.00000256. The number of rotatable bonds is 4. The highest BCUT2D eigenvalue weighted by molar-refractivity contribution is 5.85. The summed E-state index contributed by atoms with van der Waals surface area (Å²) in [5.74, 6) is 0.128. The van der Waals surface area contributed by atoms with Crippen LogP contribution >= 0.6 is 12.4 Å². The number of halogens is 1. The van der Waals surface area contributed by atoms with Gasteiger partial charge < -0.3 is 10.6 Å². The van der Waals surface area contributed by atoms with Crippen molar-refractivity contribution in [2.24, 2.45) is 5.73 Å². The van der Waals surface area contributed by atoms with Crippen LogP contribution in [0.1, 0.15) is 30.0 Å². The van der Waals surface area contributed by atoms with Gasteiger partial charge in [-0.25, -0.2) is 0 Å². The van der Waals surface area contributed by atoms with Crippen molar-refractivity contribution in [1.29, 1.82) is 0 Å². The molecule has 1 aromatic rings. The SMILES string of the molecule is Cc1cccc(C(N)CCC(=O)N(C)C)c1.Cl. The Morgan fingerprint density at radius 1 is 1.41 bits per heavy atom. The van der Waals surface area contributed by atoms with Crippen LogP contribution in [0, 0.1) is 6.92 Å². The number of carbonyl (C=O) groups excluding carboxylic acids is 1. The van der Waals surface area contributed by atoms with Gasteiger partial charge in [-0.3, -0.25) is 4.79 Å². The lowest BCUT2D eigenvalue weighted by Gasteiger charge is -2.14. The summed E-state index contributed by atoms with van der Waals surface area (Å²) in [5.41, 5.74) is 8.35. The van der Waals surface area contributed by atoms with Gasteiger partial charge in [-0.1, -0.05) is 29.8 Å². The van der Waals surface area contributed by atoms with Crippen molar-refractivity contribution >= 4 is 18.3 Å². The maximum atomic E-state index is 11.4. The molecule has 0 aliphatic rings. The monoisotopic (exact) mass is 256 g/mol. The van der Waals surface area contributed by atoms with E-state index in [0.29, 0.717) is 12.8 Å². The summed E-state index contributed by atoms with van der Waals surface area (Å²) in [6.07, 6.45) is 1.20. The van der Waals surface area contributed by atoms with E-state index in [-0.39, 0.29) is 24.4 Å². The second-order valence-corrected chi connectivity index (χ2v) is 4.35. The highest BCUT2D eigenvalue weighted by atomic mass is 35.5. The van der Waals surface area contributed by atoms with Gasteiger partial charge in [0.15, 0.2) is 0 Å². The lowest BCUT2D eigenvalue weighted by atomic mass is 10.0. The average molecular weight is 257 g/mol. The molecule has 3 nitrogen and oxygen atoms in total. The minimum atomic E-state index is -0.0520. The first-order valence-electron chi connectivity index (χ1n) is 5.53. The standard InChI is InChI=1S/C13H20N2O.ClH/c1-10-5-4-6-11(9-10)12(14)7-8-13(16)15(2)3;/h4-6,9,12H,7-8,14H2,1-3H3;1H. The van der Waals surface area contributed by atoms with E-state index in [1.54, 1.807) is 19.0 Å². The van der Waals surface area contributed by atoms with E-state index in [9.17, 15) is 4.79 Å². The molecule has 1 atom stereocenters. The van der Waals surface area contributed by atoms with Crippen LogP contribution in [-0.2, 0) is 4.79 Å². The fourth-order valence-electron chi connectivity index (χ4n) is 1.57. The van der Waals surface area contributed by atoms with Gasteiger partial charge in [-0.05, 0) is 18.9 Å². The van der Waals surface area contributed by atoms with Gasteiger partial charge in [0.05, 0.1) is 0 Å². The van der Waals surface area contributed by atoms with Gasteiger partial charge in [0.2, 0.25) is 5.91 Å². The van der Waals surface area contributed by atoms with E-state index in [0.717, 1.165) is 5.56 Å². The fraction of sp³-hybridized carbons (Fsp3) is 0.462. The second-order valence-electron chi connectivity index (χ2n) is 4.35. The molecule has 2 N–H and O–H groups in total. The molecule has 0 saturated heterocycles. The van der Waals surface area contributed by atoms with Crippen LogP contribution < -0.4 is 5.73 Å². The van der Waals surface area contributed by atoms with E-state index < -0.39 is 0 Å². The summed E-state index contributed by atoms with van der Waals surface area (Å²) in [7, 11) is 3.53. The molecular weight excluding hydrogens is 236 g/mol. The Morgan fingerprint density at radius 3 is 2.59 bits per heavy atom. The first-order chi connectivity index (χ1) is 7.50. The van der Waals surface area contributed by atoms with Crippen molar-refractivity contribution in [2.75, 3.05) is 14.1 Å². The molecule has 1 aromatic carbocycles. The summed E-state index contributed by atoms with van der Waals surface area (Å²) in [4.78, 5) is 13.0. The first-order valence-corrected chi connectivity index (χ1v) is 5.53. The topological polar surface area (TPSA) is 46.3 Å². The molecule has 0 aliphatic carbocycles. The van der Waals surface area contributed by atoms with Gasteiger partial charge in [0, 0.05) is 26.6 Å². The van der Waals surface area contributed by atoms with Crippen molar-refractivity contribution < 1.29 is 4.79 Å². The van der Waals surface area contributed by atoms with E-state index in [1.165, 1.54) is 5.56 Å². The number of hydrogen-bond acceptors (Lipinski definition) is 2. The van der Waals surface area contributed by atoms with Crippen LogP contribution in [-0.4, -0.2) is 24.9 Å². The molecule has 1 amide bonds. The normalized spacial score (nSPS) is 11.5. The number of nitrogens with zero attached hydrogens (tertiary/aromatic N) is 1. The van der Waals surface area contributed by atoms with Crippen molar-refractivity contribution in [1.82, 2.24) is 4.90 Å². The summed E-state index contributed by atoms with van der Waals surface area (Å²) in [6.45, 7) is 2.04. The van der Waals surface area contributed by atoms with Crippen LogP contribution in [0.4, 0.5) is 0 Å². The van der Waals surface area contributed by atoms with Gasteiger partial charge in [-0.15, -0.1) is 12.4 Å². The number of hydrogen-bond donors (Lipinski definition) is 1. The number of aryl methyl sites for hydroxylation is 1. The Labute approximate surface area is 109 Å². The second kappa shape index (κ2) is 7.30.